The molecule has 120 valence electrons. The second kappa shape index (κ2) is 6.51. The first-order chi connectivity index (χ1) is 10.3. The molecule has 0 unspecified atom stereocenters. The molecule has 0 atom stereocenters. The maximum atomic E-state index is 12.3. The van der Waals surface area contributed by atoms with Gasteiger partial charge in [-0.15, -0.1) is 0 Å². The lowest BCUT2D eigenvalue weighted by atomic mass is 9.69. The van der Waals surface area contributed by atoms with Crippen LogP contribution < -0.4 is 5.32 Å². The molecule has 1 aliphatic carbocycles. The predicted octanol–water partition coefficient (Wildman–Crippen LogP) is 4.18. The van der Waals surface area contributed by atoms with Crippen LogP contribution in [0.15, 0.2) is 24.3 Å². The van der Waals surface area contributed by atoms with Crippen molar-refractivity contribution in [1.82, 2.24) is 0 Å². The van der Waals surface area contributed by atoms with E-state index in [0.717, 1.165) is 25.7 Å². The summed E-state index contributed by atoms with van der Waals surface area (Å²) in [5.41, 5.74) is 1.05. The van der Waals surface area contributed by atoms with E-state index in [1.165, 1.54) is 12.1 Å². The van der Waals surface area contributed by atoms with Gasteiger partial charge in [-0.1, -0.05) is 26.8 Å². The molecule has 4 heteroatoms. The molecule has 0 aliphatic heterocycles. The van der Waals surface area contributed by atoms with E-state index in [0.29, 0.717) is 17.0 Å². The monoisotopic (exact) mass is 303 g/mol. The van der Waals surface area contributed by atoms with Crippen LogP contribution >= 0.6 is 0 Å². The smallest absolute Gasteiger partial charge is 0.335 e. The number of anilines is 1. The molecule has 4 nitrogen and oxygen atoms in total. The fourth-order valence-electron chi connectivity index (χ4n) is 3.20. The van der Waals surface area contributed by atoms with E-state index in [-0.39, 0.29) is 17.4 Å². The van der Waals surface area contributed by atoms with Gasteiger partial charge in [0.2, 0.25) is 5.91 Å². The lowest BCUT2D eigenvalue weighted by Crippen LogP contribution is -2.31. The number of carbonyl (C=O) groups is 2. The van der Waals surface area contributed by atoms with Crippen LogP contribution in [0.2, 0.25) is 0 Å². The Bertz CT molecular complexity index is 552. The molecule has 0 bridgehead atoms. The van der Waals surface area contributed by atoms with Gasteiger partial charge in [0.05, 0.1) is 5.56 Å². The van der Waals surface area contributed by atoms with Gasteiger partial charge >= 0.3 is 5.97 Å². The third-order valence-electron chi connectivity index (χ3n) is 4.70. The number of benzene rings is 1. The van der Waals surface area contributed by atoms with Crippen molar-refractivity contribution in [3.8, 4) is 0 Å². The molecule has 22 heavy (non-hydrogen) atoms. The van der Waals surface area contributed by atoms with Crippen molar-refractivity contribution in [3.05, 3.63) is 29.8 Å². The minimum atomic E-state index is -0.984. The molecule has 0 aromatic heterocycles. The van der Waals surface area contributed by atoms with Crippen LogP contribution in [0, 0.1) is 17.3 Å². The third kappa shape index (κ3) is 4.09. The van der Waals surface area contributed by atoms with Gasteiger partial charge in [0.15, 0.2) is 0 Å². The second-order valence-electron chi connectivity index (χ2n) is 7.29. The minimum absolute atomic E-state index is 0.00916. The average molecular weight is 303 g/mol. The Labute approximate surface area is 131 Å². The zero-order chi connectivity index (χ0) is 16.3. The van der Waals surface area contributed by atoms with Crippen LogP contribution in [0.3, 0.4) is 0 Å². The summed E-state index contributed by atoms with van der Waals surface area (Å²) in [5, 5.41) is 11.8. The summed E-state index contributed by atoms with van der Waals surface area (Å²) < 4.78 is 0. The molecule has 1 fully saturated rings. The molecule has 1 aromatic carbocycles. The first kappa shape index (κ1) is 16.5. The van der Waals surface area contributed by atoms with E-state index < -0.39 is 5.97 Å². The van der Waals surface area contributed by atoms with E-state index in [1.54, 1.807) is 12.1 Å². The van der Waals surface area contributed by atoms with E-state index in [9.17, 15) is 9.59 Å². The summed E-state index contributed by atoms with van der Waals surface area (Å²) in [6, 6.07) is 6.40. The SMILES string of the molecule is CC(C)(C)C1CCC(C(=O)Nc2cccc(C(=O)O)c2)CC1. The van der Waals surface area contributed by atoms with Gasteiger partial charge in [-0.3, -0.25) is 4.79 Å². The highest BCUT2D eigenvalue weighted by Gasteiger charge is 2.32. The quantitative estimate of drug-likeness (QED) is 0.880. The lowest BCUT2D eigenvalue weighted by molar-refractivity contribution is -0.121. The van der Waals surface area contributed by atoms with Gasteiger partial charge in [0, 0.05) is 11.6 Å². The number of hydrogen-bond acceptors (Lipinski definition) is 2. The molecular weight excluding hydrogens is 278 g/mol. The van der Waals surface area contributed by atoms with Crippen LogP contribution in [-0.2, 0) is 4.79 Å². The molecule has 2 N–H and O–H groups in total. The molecule has 0 spiro atoms. The maximum Gasteiger partial charge on any atom is 0.335 e. The van der Waals surface area contributed by atoms with Crippen LogP contribution in [0.4, 0.5) is 5.69 Å². The van der Waals surface area contributed by atoms with Gasteiger partial charge in [-0.25, -0.2) is 4.79 Å². The van der Waals surface area contributed by atoms with Gasteiger partial charge < -0.3 is 10.4 Å². The highest BCUT2D eigenvalue weighted by atomic mass is 16.4. The number of hydrogen-bond donors (Lipinski definition) is 2. The fourth-order valence-corrected chi connectivity index (χ4v) is 3.20. The van der Waals surface area contributed by atoms with E-state index in [2.05, 4.69) is 26.1 Å². The maximum absolute atomic E-state index is 12.3. The van der Waals surface area contributed by atoms with Crippen molar-refractivity contribution in [2.24, 2.45) is 17.3 Å². The lowest BCUT2D eigenvalue weighted by Gasteiger charge is -2.36. The van der Waals surface area contributed by atoms with Gasteiger partial charge in [0.1, 0.15) is 0 Å². The van der Waals surface area contributed by atoms with Crippen molar-refractivity contribution in [2.75, 3.05) is 5.32 Å². The third-order valence-corrected chi connectivity index (χ3v) is 4.70. The predicted molar refractivity (Wildman–Crippen MR) is 86.9 cm³/mol. The number of aromatic carboxylic acids is 1. The Morgan fingerprint density at radius 2 is 1.77 bits per heavy atom. The molecule has 0 heterocycles. The average Bonchev–Trinajstić information content (AvgIpc) is 2.46. The summed E-state index contributed by atoms with van der Waals surface area (Å²) in [7, 11) is 0. The number of carboxylic acids is 1. The molecule has 1 aromatic rings. The van der Waals surface area contributed by atoms with Gasteiger partial charge in [0.25, 0.3) is 0 Å². The summed E-state index contributed by atoms with van der Waals surface area (Å²) in [5.74, 6) is -0.268. The van der Waals surface area contributed by atoms with Gasteiger partial charge in [-0.05, 0) is 55.2 Å². The highest BCUT2D eigenvalue weighted by Crippen LogP contribution is 2.40. The summed E-state index contributed by atoms with van der Waals surface area (Å²) >= 11 is 0. The van der Waals surface area contributed by atoms with E-state index in [1.807, 2.05) is 0 Å². The zero-order valence-electron chi connectivity index (χ0n) is 13.6. The Morgan fingerprint density at radius 1 is 1.14 bits per heavy atom. The molecule has 2 rings (SSSR count). The van der Waals surface area contributed by atoms with Crippen LogP contribution in [0.25, 0.3) is 0 Å². The molecule has 0 saturated heterocycles. The Balaban J connectivity index is 1.94. The second-order valence-corrected chi connectivity index (χ2v) is 7.29. The minimum Gasteiger partial charge on any atom is -0.478 e. The molecule has 1 amide bonds. The van der Waals surface area contributed by atoms with Crippen molar-refractivity contribution < 1.29 is 14.7 Å². The van der Waals surface area contributed by atoms with Crippen molar-refractivity contribution in [1.29, 1.82) is 0 Å². The number of nitrogens with one attached hydrogen (secondary N) is 1. The first-order valence-electron chi connectivity index (χ1n) is 7.91. The van der Waals surface area contributed by atoms with Crippen molar-refractivity contribution in [2.45, 2.75) is 46.5 Å². The Hall–Kier alpha value is -1.84. The topological polar surface area (TPSA) is 66.4 Å². The number of carbonyl (C=O) groups excluding carboxylic acids is 1. The summed E-state index contributed by atoms with van der Waals surface area (Å²) in [4.78, 5) is 23.3. The summed E-state index contributed by atoms with van der Waals surface area (Å²) in [6.45, 7) is 6.78. The van der Waals surface area contributed by atoms with Gasteiger partial charge in [-0.2, -0.15) is 0 Å². The Morgan fingerprint density at radius 3 is 2.32 bits per heavy atom. The normalized spacial score (nSPS) is 22.1. The van der Waals surface area contributed by atoms with E-state index >= 15 is 0 Å². The largest absolute Gasteiger partial charge is 0.478 e. The number of carboxylic acid groups (broad SMARTS) is 1. The summed E-state index contributed by atoms with van der Waals surface area (Å²) in [6.07, 6.45) is 3.98. The Kier molecular flexibility index (Phi) is 4.89. The molecule has 0 radical (unpaired) electrons. The van der Waals surface area contributed by atoms with Crippen molar-refractivity contribution in [3.63, 3.8) is 0 Å². The van der Waals surface area contributed by atoms with Crippen LogP contribution in [0.5, 0.6) is 0 Å². The van der Waals surface area contributed by atoms with Crippen molar-refractivity contribution >= 4 is 17.6 Å². The fraction of sp³-hybridized carbons (Fsp3) is 0.556. The zero-order valence-corrected chi connectivity index (χ0v) is 13.6. The highest BCUT2D eigenvalue weighted by molar-refractivity contribution is 5.95. The molecule has 1 aliphatic rings. The standard InChI is InChI=1S/C18H25NO3/c1-18(2,3)14-9-7-12(8-10-14)16(20)19-15-6-4-5-13(11-15)17(21)22/h4-6,11-12,14H,7-10H2,1-3H3,(H,19,20)(H,21,22). The van der Waals surface area contributed by atoms with Crippen LogP contribution in [0.1, 0.15) is 56.8 Å². The number of rotatable bonds is 3. The molecular formula is C18H25NO3. The number of amides is 1. The van der Waals surface area contributed by atoms with Crippen LogP contribution in [-0.4, -0.2) is 17.0 Å². The van der Waals surface area contributed by atoms with E-state index in [4.69, 9.17) is 5.11 Å². The first-order valence-corrected chi connectivity index (χ1v) is 7.91. The molecule has 1 saturated carbocycles.